The van der Waals surface area contributed by atoms with Crippen LogP contribution in [0.1, 0.15) is 50.2 Å². The Labute approximate surface area is 281 Å². The van der Waals surface area contributed by atoms with Gasteiger partial charge in [0.25, 0.3) is 11.8 Å². The van der Waals surface area contributed by atoms with Crippen LogP contribution < -0.4 is 14.8 Å². The zero-order valence-electron chi connectivity index (χ0n) is 26.5. The number of carbonyl (C=O) groups excluding carboxylic acids is 2. The molecule has 12 heteroatoms. The highest BCUT2D eigenvalue weighted by molar-refractivity contribution is 7.99. The maximum atomic E-state index is 13.9. The van der Waals surface area contributed by atoms with Crippen LogP contribution in [0.25, 0.3) is 5.69 Å². The molecule has 0 fully saturated rings. The van der Waals surface area contributed by atoms with Crippen LogP contribution >= 0.6 is 23.1 Å². The van der Waals surface area contributed by atoms with Crippen LogP contribution in [-0.2, 0) is 11.3 Å². The van der Waals surface area contributed by atoms with Gasteiger partial charge in [-0.3, -0.25) is 14.2 Å². The Morgan fingerprint density at radius 3 is 2.49 bits per heavy atom. The van der Waals surface area contributed by atoms with E-state index in [1.54, 1.807) is 54.8 Å². The second kappa shape index (κ2) is 14.2. The molecule has 0 spiro atoms. The summed E-state index contributed by atoms with van der Waals surface area (Å²) in [6.07, 6.45) is 0.610. The van der Waals surface area contributed by atoms with Crippen molar-refractivity contribution in [2.24, 2.45) is 5.10 Å². The highest BCUT2D eigenvalue weighted by Crippen LogP contribution is 2.35. The fourth-order valence-electron chi connectivity index (χ4n) is 5.36. The smallest absolute Gasteiger partial charge is 0.253 e. The lowest BCUT2D eigenvalue weighted by Gasteiger charge is -2.22. The molecule has 1 aliphatic heterocycles. The number of ether oxygens (including phenoxy) is 2. The molecule has 0 bridgehead atoms. The van der Waals surface area contributed by atoms with E-state index in [1.165, 1.54) is 11.8 Å². The van der Waals surface area contributed by atoms with E-state index in [4.69, 9.17) is 14.6 Å². The van der Waals surface area contributed by atoms with Crippen molar-refractivity contribution in [3.63, 3.8) is 0 Å². The maximum absolute atomic E-state index is 13.9. The highest BCUT2D eigenvalue weighted by Gasteiger charge is 2.34. The van der Waals surface area contributed by atoms with Gasteiger partial charge in [-0.25, -0.2) is 5.01 Å². The van der Waals surface area contributed by atoms with Gasteiger partial charge in [-0.1, -0.05) is 48.2 Å². The van der Waals surface area contributed by atoms with Crippen LogP contribution in [-0.4, -0.2) is 57.3 Å². The van der Waals surface area contributed by atoms with Gasteiger partial charge >= 0.3 is 0 Å². The van der Waals surface area contributed by atoms with Crippen LogP contribution in [0.5, 0.6) is 11.5 Å². The fraction of sp³-hybridized carbons (Fsp3) is 0.229. The molecule has 5 aromatic rings. The average molecular weight is 667 g/mol. The summed E-state index contributed by atoms with van der Waals surface area (Å²) in [5, 5.41) is 20.8. The van der Waals surface area contributed by atoms with Crippen molar-refractivity contribution in [1.29, 1.82) is 0 Å². The van der Waals surface area contributed by atoms with Crippen LogP contribution in [0.3, 0.4) is 0 Å². The number of hydrogen-bond acceptors (Lipinski definition) is 9. The molecule has 0 saturated carbocycles. The maximum Gasteiger partial charge on any atom is 0.253 e. The van der Waals surface area contributed by atoms with Crippen molar-refractivity contribution in [2.75, 3.05) is 20.0 Å². The third-order valence-electron chi connectivity index (χ3n) is 8.05. The molecule has 2 aromatic heterocycles. The normalized spacial score (nSPS) is 14.2. The van der Waals surface area contributed by atoms with Gasteiger partial charge in [-0.15, -0.1) is 21.5 Å². The van der Waals surface area contributed by atoms with E-state index in [0.29, 0.717) is 28.7 Å². The third kappa shape index (κ3) is 6.93. The molecule has 6 rings (SSSR count). The van der Waals surface area contributed by atoms with Crippen molar-refractivity contribution in [3.05, 3.63) is 117 Å². The SMILES string of the molecule is COc1ccc([C@H]2CC(c3cccs3)=NN2C(=O)CSc2nnc(CNC(=O)c3cccc(OC)c3)n2-c2cccc(C)c2C)cc1. The molecule has 1 aliphatic rings. The summed E-state index contributed by atoms with van der Waals surface area (Å²) in [6, 6.07) is 24.5. The van der Waals surface area contributed by atoms with E-state index in [9.17, 15) is 9.59 Å². The standard InChI is InChI=1S/C35H34N6O4S2/c1-22-8-5-11-29(23(22)2)40-32(20-36-34(43)25-9-6-10-27(18-25)45-4)37-38-35(40)47-21-33(42)41-30(24-13-15-26(44-3)16-14-24)19-28(39-41)31-12-7-17-46-31/h5-18,30H,19-21H2,1-4H3,(H,36,43)/t30-/m1/s1. The lowest BCUT2D eigenvalue weighted by atomic mass is 10.0. The molecule has 1 atom stereocenters. The summed E-state index contributed by atoms with van der Waals surface area (Å²) in [5.74, 6) is 1.57. The largest absolute Gasteiger partial charge is 0.497 e. The molecule has 1 N–H and O–H groups in total. The minimum atomic E-state index is -0.262. The molecule has 3 heterocycles. The van der Waals surface area contributed by atoms with E-state index in [0.717, 1.165) is 38.7 Å². The summed E-state index contributed by atoms with van der Waals surface area (Å²) >= 11 is 2.90. The van der Waals surface area contributed by atoms with Crippen molar-refractivity contribution >= 4 is 40.6 Å². The first-order valence-corrected chi connectivity index (χ1v) is 16.9. The number of aryl methyl sites for hydroxylation is 1. The van der Waals surface area contributed by atoms with Gasteiger partial charge in [0.1, 0.15) is 11.5 Å². The second-order valence-electron chi connectivity index (χ2n) is 10.9. The number of nitrogens with zero attached hydrogens (tertiary/aromatic N) is 5. The summed E-state index contributed by atoms with van der Waals surface area (Å²) < 4.78 is 12.5. The van der Waals surface area contributed by atoms with Crippen molar-refractivity contribution in [1.82, 2.24) is 25.1 Å². The number of hydrazone groups is 1. The monoisotopic (exact) mass is 666 g/mol. The fourth-order valence-corrected chi connectivity index (χ4v) is 6.90. The lowest BCUT2D eigenvalue weighted by molar-refractivity contribution is -0.130. The molecule has 240 valence electrons. The number of carbonyl (C=O) groups is 2. The minimum absolute atomic E-state index is 0.0903. The number of rotatable bonds is 11. The van der Waals surface area contributed by atoms with Gasteiger partial charge in [-0.05, 0) is 78.4 Å². The predicted octanol–water partition coefficient (Wildman–Crippen LogP) is 6.36. The molecular formula is C35H34N6O4S2. The van der Waals surface area contributed by atoms with Gasteiger partial charge in [0.2, 0.25) is 0 Å². The Hall–Kier alpha value is -4.94. The number of nitrogens with one attached hydrogen (secondary N) is 1. The van der Waals surface area contributed by atoms with E-state index >= 15 is 0 Å². The zero-order chi connectivity index (χ0) is 32.9. The van der Waals surface area contributed by atoms with Crippen LogP contribution in [0.2, 0.25) is 0 Å². The average Bonchev–Trinajstić information content (AvgIpc) is 3.88. The van der Waals surface area contributed by atoms with Gasteiger partial charge in [0, 0.05) is 12.0 Å². The Kier molecular flexibility index (Phi) is 9.69. The van der Waals surface area contributed by atoms with Crippen LogP contribution in [0.4, 0.5) is 0 Å². The summed E-state index contributed by atoms with van der Waals surface area (Å²) in [7, 11) is 3.19. The van der Waals surface area contributed by atoms with Gasteiger partial charge in [0.05, 0.1) is 48.8 Å². The van der Waals surface area contributed by atoms with Gasteiger partial charge < -0.3 is 14.8 Å². The molecule has 0 radical (unpaired) electrons. The summed E-state index contributed by atoms with van der Waals surface area (Å²) in [6.45, 7) is 4.21. The molecule has 47 heavy (non-hydrogen) atoms. The summed E-state index contributed by atoms with van der Waals surface area (Å²) in [5.41, 5.74) is 5.36. The number of hydrogen-bond donors (Lipinski definition) is 1. The number of amides is 2. The Bertz CT molecular complexity index is 1920. The van der Waals surface area contributed by atoms with Crippen LogP contribution in [0, 0.1) is 13.8 Å². The summed E-state index contributed by atoms with van der Waals surface area (Å²) in [4.78, 5) is 28.0. The van der Waals surface area contributed by atoms with E-state index in [2.05, 4.69) is 15.5 Å². The Morgan fingerprint density at radius 1 is 0.957 bits per heavy atom. The highest BCUT2D eigenvalue weighted by atomic mass is 32.2. The zero-order valence-corrected chi connectivity index (χ0v) is 28.1. The molecular weight excluding hydrogens is 633 g/mol. The Morgan fingerprint density at radius 2 is 1.74 bits per heavy atom. The number of aromatic nitrogens is 3. The number of methoxy groups -OCH3 is 2. The number of benzene rings is 3. The van der Waals surface area contributed by atoms with Crippen molar-refractivity contribution in [3.8, 4) is 17.2 Å². The lowest BCUT2D eigenvalue weighted by Crippen LogP contribution is -2.28. The van der Waals surface area contributed by atoms with Crippen LogP contribution in [0.15, 0.2) is 94.5 Å². The molecule has 0 aliphatic carbocycles. The molecule has 0 unspecified atom stereocenters. The topological polar surface area (TPSA) is 111 Å². The first kappa shape index (κ1) is 32.0. The predicted molar refractivity (Wildman–Crippen MR) is 184 cm³/mol. The molecule has 10 nitrogen and oxygen atoms in total. The molecule has 0 saturated heterocycles. The first-order chi connectivity index (χ1) is 22.9. The minimum Gasteiger partial charge on any atom is -0.497 e. The van der Waals surface area contributed by atoms with E-state index < -0.39 is 0 Å². The quantitative estimate of drug-likeness (QED) is 0.163. The van der Waals surface area contributed by atoms with E-state index in [-0.39, 0.29) is 30.2 Å². The third-order valence-corrected chi connectivity index (χ3v) is 9.89. The van der Waals surface area contributed by atoms with E-state index in [1.807, 2.05) is 78.4 Å². The van der Waals surface area contributed by atoms with Crippen molar-refractivity contribution < 1.29 is 19.1 Å². The second-order valence-corrected chi connectivity index (χ2v) is 12.8. The van der Waals surface area contributed by atoms with Gasteiger partial charge in [-0.2, -0.15) is 5.10 Å². The Balaban J connectivity index is 1.25. The van der Waals surface area contributed by atoms with Crippen molar-refractivity contribution in [2.45, 2.75) is 38.0 Å². The van der Waals surface area contributed by atoms with Gasteiger partial charge in [0.15, 0.2) is 11.0 Å². The number of thiophene rings is 1. The molecule has 3 aromatic carbocycles. The molecule has 2 amide bonds. The first-order valence-electron chi connectivity index (χ1n) is 15.0. The number of thioether (sulfide) groups is 1.